The van der Waals surface area contributed by atoms with E-state index in [0.717, 1.165) is 19.3 Å². The summed E-state index contributed by atoms with van der Waals surface area (Å²) < 4.78 is 0. The molecule has 69 valence electrons. The SMILES string of the molecule is O=C(O)C1CC[CH]CC1CCO. The van der Waals surface area contributed by atoms with Gasteiger partial charge in [0.1, 0.15) is 0 Å². The van der Waals surface area contributed by atoms with Gasteiger partial charge < -0.3 is 10.2 Å². The summed E-state index contributed by atoms with van der Waals surface area (Å²) in [4.78, 5) is 10.7. The van der Waals surface area contributed by atoms with Crippen molar-refractivity contribution in [1.82, 2.24) is 0 Å². The van der Waals surface area contributed by atoms with Gasteiger partial charge in [0.15, 0.2) is 0 Å². The van der Waals surface area contributed by atoms with Crippen LogP contribution in [0.15, 0.2) is 0 Å². The summed E-state index contributed by atoms with van der Waals surface area (Å²) in [5.41, 5.74) is 0. The van der Waals surface area contributed by atoms with Crippen molar-refractivity contribution in [3.05, 3.63) is 6.42 Å². The van der Waals surface area contributed by atoms with Gasteiger partial charge in [-0.3, -0.25) is 4.79 Å². The smallest absolute Gasteiger partial charge is 0.306 e. The van der Waals surface area contributed by atoms with Gasteiger partial charge in [0.25, 0.3) is 0 Å². The van der Waals surface area contributed by atoms with Gasteiger partial charge in [0.05, 0.1) is 5.92 Å². The van der Waals surface area contributed by atoms with E-state index < -0.39 is 5.97 Å². The zero-order valence-corrected chi connectivity index (χ0v) is 7.07. The lowest BCUT2D eigenvalue weighted by atomic mass is 9.78. The van der Waals surface area contributed by atoms with Crippen LogP contribution >= 0.6 is 0 Å². The molecular weight excluding hydrogens is 156 g/mol. The third kappa shape index (κ3) is 2.21. The molecule has 1 radical (unpaired) electrons. The zero-order chi connectivity index (χ0) is 8.97. The molecule has 0 saturated heterocycles. The number of aliphatic carboxylic acids is 1. The molecule has 0 aromatic heterocycles. The van der Waals surface area contributed by atoms with Crippen molar-refractivity contribution >= 4 is 5.97 Å². The number of carboxylic acid groups (broad SMARTS) is 1. The molecule has 0 amide bonds. The molecule has 1 saturated carbocycles. The van der Waals surface area contributed by atoms with Crippen LogP contribution in [0.3, 0.4) is 0 Å². The molecule has 3 nitrogen and oxygen atoms in total. The summed E-state index contributed by atoms with van der Waals surface area (Å²) in [6, 6.07) is 0. The minimum atomic E-state index is -0.707. The van der Waals surface area contributed by atoms with E-state index in [9.17, 15) is 4.79 Å². The van der Waals surface area contributed by atoms with Crippen LogP contribution in [0.5, 0.6) is 0 Å². The van der Waals surface area contributed by atoms with E-state index in [2.05, 4.69) is 6.42 Å². The molecule has 12 heavy (non-hydrogen) atoms. The highest BCUT2D eigenvalue weighted by atomic mass is 16.4. The fourth-order valence-corrected chi connectivity index (χ4v) is 1.84. The van der Waals surface area contributed by atoms with Crippen LogP contribution in [0.4, 0.5) is 0 Å². The molecule has 0 bridgehead atoms. The van der Waals surface area contributed by atoms with Crippen LogP contribution in [-0.2, 0) is 4.79 Å². The lowest BCUT2D eigenvalue weighted by Gasteiger charge is -2.27. The summed E-state index contributed by atoms with van der Waals surface area (Å²) >= 11 is 0. The highest BCUT2D eigenvalue weighted by molar-refractivity contribution is 5.70. The first kappa shape index (κ1) is 9.52. The predicted octanol–water partition coefficient (Wildman–Crippen LogP) is 1.07. The van der Waals surface area contributed by atoms with Crippen molar-refractivity contribution in [1.29, 1.82) is 0 Å². The average molecular weight is 171 g/mol. The van der Waals surface area contributed by atoms with Crippen molar-refractivity contribution in [2.75, 3.05) is 6.61 Å². The van der Waals surface area contributed by atoms with E-state index in [1.54, 1.807) is 0 Å². The highest BCUT2D eigenvalue weighted by Crippen LogP contribution is 2.31. The van der Waals surface area contributed by atoms with Gasteiger partial charge >= 0.3 is 5.97 Å². The predicted molar refractivity (Wildman–Crippen MR) is 44.5 cm³/mol. The van der Waals surface area contributed by atoms with Crippen molar-refractivity contribution in [3.63, 3.8) is 0 Å². The Bertz CT molecular complexity index is 154. The molecule has 2 N–H and O–H groups in total. The Hall–Kier alpha value is -0.570. The Morgan fingerprint density at radius 3 is 2.92 bits per heavy atom. The second-order valence-electron chi connectivity index (χ2n) is 3.32. The minimum absolute atomic E-state index is 0.0995. The molecule has 1 rings (SSSR count). The second-order valence-corrected chi connectivity index (χ2v) is 3.32. The number of hydrogen-bond donors (Lipinski definition) is 2. The molecule has 1 fully saturated rings. The zero-order valence-electron chi connectivity index (χ0n) is 7.07. The standard InChI is InChI=1S/C9H15O3/c10-6-5-7-3-1-2-4-8(7)9(11)12/h1,7-8,10H,2-6H2,(H,11,12). The monoisotopic (exact) mass is 171 g/mol. The lowest BCUT2D eigenvalue weighted by molar-refractivity contribution is -0.144. The topological polar surface area (TPSA) is 57.5 Å². The van der Waals surface area contributed by atoms with Crippen LogP contribution < -0.4 is 0 Å². The van der Waals surface area contributed by atoms with E-state index >= 15 is 0 Å². The minimum Gasteiger partial charge on any atom is -0.481 e. The van der Waals surface area contributed by atoms with Crippen molar-refractivity contribution in [2.24, 2.45) is 11.8 Å². The van der Waals surface area contributed by atoms with Gasteiger partial charge in [-0.05, 0) is 38.0 Å². The van der Waals surface area contributed by atoms with Crippen molar-refractivity contribution in [3.8, 4) is 0 Å². The fraction of sp³-hybridized carbons (Fsp3) is 0.778. The van der Waals surface area contributed by atoms with Crippen LogP contribution in [0.25, 0.3) is 0 Å². The highest BCUT2D eigenvalue weighted by Gasteiger charge is 2.29. The number of carbonyl (C=O) groups is 1. The van der Waals surface area contributed by atoms with Crippen LogP contribution in [-0.4, -0.2) is 22.8 Å². The molecule has 0 spiro atoms. The fourth-order valence-electron chi connectivity index (χ4n) is 1.84. The molecule has 3 heteroatoms. The maximum atomic E-state index is 10.7. The number of aliphatic hydroxyl groups excluding tert-OH is 1. The van der Waals surface area contributed by atoms with Crippen LogP contribution in [0.1, 0.15) is 25.7 Å². The lowest BCUT2D eigenvalue weighted by Crippen LogP contribution is -2.27. The summed E-state index contributed by atoms with van der Waals surface area (Å²) in [5, 5.41) is 17.6. The molecule has 1 aliphatic carbocycles. The normalized spacial score (nSPS) is 30.1. The average Bonchev–Trinajstić information content (AvgIpc) is 2.05. The van der Waals surface area contributed by atoms with Gasteiger partial charge in [-0.1, -0.05) is 0 Å². The van der Waals surface area contributed by atoms with Crippen molar-refractivity contribution < 1.29 is 15.0 Å². The van der Waals surface area contributed by atoms with Gasteiger partial charge in [0.2, 0.25) is 0 Å². The number of carboxylic acids is 1. The molecule has 0 aliphatic heterocycles. The molecule has 0 aromatic rings. The van der Waals surface area contributed by atoms with E-state index in [0.29, 0.717) is 6.42 Å². The summed E-state index contributed by atoms with van der Waals surface area (Å²) in [7, 11) is 0. The summed E-state index contributed by atoms with van der Waals surface area (Å²) in [5.74, 6) is -0.787. The third-order valence-electron chi connectivity index (χ3n) is 2.54. The van der Waals surface area contributed by atoms with Crippen molar-refractivity contribution in [2.45, 2.75) is 25.7 Å². The Balaban J connectivity index is 2.48. The quantitative estimate of drug-likeness (QED) is 0.668. The Morgan fingerprint density at radius 1 is 1.58 bits per heavy atom. The molecular formula is C9H15O3. The summed E-state index contributed by atoms with van der Waals surface area (Å²) in [6.07, 6.45) is 5.23. The van der Waals surface area contributed by atoms with Crippen LogP contribution in [0, 0.1) is 18.3 Å². The van der Waals surface area contributed by atoms with E-state index in [4.69, 9.17) is 10.2 Å². The van der Waals surface area contributed by atoms with Gasteiger partial charge in [-0.25, -0.2) is 0 Å². The molecule has 0 heterocycles. The van der Waals surface area contributed by atoms with E-state index in [1.165, 1.54) is 0 Å². The Morgan fingerprint density at radius 2 is 2.33 bits per heavy atom. The molecule has 0 aromatic carbocycles. The van der Waals surface area contributed by atoms with E-state index in [1.807, 2.05) is 0 Å². The van der Waals surface area contributed by atoms with Gasteiger partial charge in [0, 0.05) is 6.61 Å². The summed E-state index contributed by atoms with van der Waals surface area (Å²) in [6.45, 7) is 0.0995. The number of rotatable bonds is 3. The van der Waals surface area contributed by atoms with Gasteiger partial charge in [-0.15, -0.1) is 0 Å². The molecule has 2 atom stereocenters. The Kier molecular flexibility index (Phi) is 3.53. The first-order valence-corrected chi connectivity index (χ1v) is 4.41. The first-order chi connectivity index (χ1) is 5.75. The number of hydrogen-bond acceptors (Lipinski definition) is 2. The Labute approximate surface area is 72.4 Å². The third-order valence-corrected chi connectivity index (χ3v) is 2.54. The number of aliphatic hydroxyl groups is 1. The van der Waals surface area contributed by atoms with Gasteiger partial charge in [-0.2, -0.15) is 0 Å². The van der Waals surface area contributed by atoms with Crippen LogP contribution in [0.2, 0.25) is 0 Å². The first-order valence-electron chi connectivity index (χ1n) is 4.41. The maximum Gasteiger partial charge on any atom is 0.306 e. The molecule has 2 unspecified atom stereocenters. The maximum absolute atomic E-state index is 10.7. The molecule has 1 aliphatic rings. The second kappa shape index (κ2) is 4.45. The van der Waals surface area contributed by atoms with E-state index in [-0.39, 0.29) is 18.4 Å². The largest absolute Gasteiger partial charge is 0.481 e.